The van der Waals surface area contributed by atoms with Crippen molar-refractivity contribution in [3.63, 3.8) is 0 Å². The lowest BCUT2D eigenvalue weighted by Crippen LogP contribution is -2.30. The van der Waals surface area contributed by atoms with Gasteiger partial charge in [0, 0.05) is 12.3 Å². The third-order valence-electron chi connectivity index (χ3n) is 2.95. The van der Waals surface area contributed by atoms with Crippen molar-refractivity contribution < 1.29 is 24.5 Å². The van der Waals surface area contributed by atoms with E-state index < -0.39 is 23.5 Å². The molecule has 0 fully saturated rings. The summed E-state index contributed by atoms with van der Waals surface area (Å²) < 4.78 is 5.38. The number of thiol groups is 1. The van der Waals surface area contributed by atoms with Gasteiger partial charge in [-0.3, -0.25) is 4.79 Å². The molecule has 3 atom stereocenters. The normalized spacial score (nSPS) is 15.3. The van der Waals surface area contributed by atoms with E-state index in [-0.39, 0.29) is 18.8 Å². The maximum absolute atomic E-state index is 11.1. The number of carboxylic acids is 2. The molecule has 0 amide bonds. The van der Waals surface area contributed by atoms with Crippen LogP contribution in [-0.4, -0.2) is 33.7 Å². The Kier molecular flexibility index (Phi) is 6.54. The van der Waals surface area contributed by atoms with E-state index in [2.05, 4.69) is 12.6 Å². The van der Waals surface area contributed by atoms with E-state index in [1.165, 1.54) is 0 Å². The molecule has 6 heteroatoms. The maximum Gasteiger partial charge on any atom is 0.332 e. The van der Waals surface area contributed by atoms with Gasteiger partial charge in [-0.15, -0.1) is 12.6 Å². The largest absolute Gasteiger partial charge is 0.481 e. The highest BCUT2D eigenvalue weighted by molar-refractivity contribution is 7.80. The van der Waals surface area contributed by atoms with Crippen molar-refractivity contribution in [2.75, 3.05) is 0 Å². The van der Waals surface area contributed by atoms with Gasteiger partial charge >= 0.3 is 11.9 Å². The summed E-state index contributed by atoms with van der Waals surface area (Å²) in [7, 11) is 0. The summed E-state index contributed by atoms with van der Waals surface area (Å²) in [6, 6.07) is 9.46. The van der Waals surface area contributed by atoms with Gasteiger partial charge in [-0.05, 0) is 12.0 Å². The van der Waals surface area contributed by atoms with Crippen LogP contribution in [0.25, 0.3) is 0 Å². The summed E-state index contributed by atoms with van der Waals surface area (Å²) in [4.78, 5) is 21.6. The standard InChI is InChI=1S/C14H18O5S/c1-9(10-5-3-2-4-6-10)14(20)19-11(13(17)18)7-8-12(15)16/h2-6,9,11,14,20H,7-8H2,1H3,(H,15,16)(H,17,18). The fourth-order valence-corrected chi connectivity index (χ4v) is 2.03. The third-order valence-corrected chi connectivity index (χ3v) is 3.52. The second-order valence-corrected chi connectivity index (χ2v) is 4.99. The molecule has 0 saturated carbocycles. The Bertz CT molecular complexity index is 448. The summed E-state index contributed by atoms with van der Waals surface area (Å²) in [6.45, 7) is 1.88. The molecular weight excluding hydrogens is 280 g/mol. The molecular formula is C14H18O5S. The Balaban J connectivity index is 2.63. The van der Waals surface area contributed by atoms with Gasteiger partial charge in [0.15, 0.2) is 6.10 Å². The molecule has 0 saturated heterocycles. The van der Waals surface area contributed by atoms with Gasteiger partial charge < -0.3 is 14.9 Å². The minimum Gasteiger partial charge on any atom is -0.481 e. The van der Waals surface area contributed by atoms with E-state index in [1.807, 2.05) is 37.3 Å². The predicted octanol–water partition coefficient (Wildman–Crippen LogP) is 2.38. The van der Waals surface area contributed by atoms with E-state index in [4.69, 9.17) is 14.9 Å². The number of aliphatic carboxylic acids is 2. The van der Waals surface area contributed by atoms with Crippen LogP contribution in [0.5, 0.6) is 0 Å². The quantitative estimate of drug-likeness (QED) is 0.507. The van der Waals surface area contributed by atoms with Crippen molar-refractivity contribution in [2.45, 2.75) is 37.2 Å². The monoisotopic (exact) mass is 298 g/mol. The van der Waals surface area contributed by atoms with Gasteiger partial charge in [-0.2, -0.15) is 0 Å². The van der Waals surface area contributed by atoms with Crippen LogP contribution in [0.3, 0.4) is 0 Å². The highest BCUT2D eigenvalue weighted by Gasteiger charge is 2.25. The third kappa shape index (κ3) is 5.22. The Morgan fingerprint density at radius 3 is 2.35 bits per heavy atom. The zero-order valence-corrected chi connectivity index (χ0v) is 12.0. The predicted molar refractivity (Wildman–Crippen MR) is 77.0 cm³/mol. The summed E-state index contributed by atoms with van der Waals surface area (Å²) >= 11 is 4.28. The molecule has 0 aliphatic rings. The Morgan fingerprint density at radius 2 is 1.85 bits per heavy atom. The molecule has 0 aliphatic heterocycles. The minimum absolute atomic E-state index is 0.0801. The first kappa shape index (κ1) is 16.5. The van der Waals surface area contributed by atoms with Gasteiger partial charge in [0.05, 0.1) is 0 Å². The lowest BCUT2D eigenvalue weighted by molar-refractivity contribution is -0.153. The molecule has 0 bridgehead atoms. The van der Waals surface area contributed by atoms with Crippen LogP contribution in [0, 0.1) is 0 Å². The fourth-order valence-electron chi connectivity index (χ4n) is 1.71. The highest BCUT2D eigenvalue weighted by Crippen LogP contribution is 2.25. The van der Waals surface area contributed by atoms with E-state index in [0.717, 1.165) is 5.56 Å². The van der Waals surface area contributed by atoms with Crippen LogP contribution in [0.1, 0.15) is 31.2 Å². The summed E-state index contributed by atoms with van der Waals surface area (Å²) in [5.74, 6) is -2.33. The molecule has 0 aromatic heterocycles. The molecule has 0 radical (unpaired) electrons. The SMILES string of the molecule is CC(c1ccccc1)C(S)OC(CCC(=O)O)C(=O)O. The lowest BCUT2D eigenvalue weighted by atomic mass is 10.0. The van der Waals surface area contributed by atoms with Crippen LogP contribution in [0.15, 0.2) is 30.3 Å². The Labute approximate surface area is 123 Å². The van der Waals surface area contributed by atoms with Crippen molar-refractivity contribution in [3.8, 4) is 0 Å². The summed E-state index contributed by atoms with van der Waals surface area (Å²) in [6.07, 6.45) is -1.50. The van der Waals surface area contributed by atoms with E-state index in [0.29, 0.717) is 0 Å². The zero-order chi connectivity index (χ0) is 15.1. The van der Waals surface area contributed by atoms with Crippen LogP contribution >= 0.6 is 12.6 Å². The van der Waals surface area contributed by atoms with Crippen molar-refractivity contribution in [1.82, 2.24) is 0 Å². The van der Waals surface area contributed by atoms with Gasteiger partial charge in [0.25, 0.3) is 0 Å². The smallest absolute Gasteiger partial charge is 0.332 e. The molecule has 2 N–H and O–H groups in total. The number of hydrogen-bond donors (Lipinski definition) is 3. The van der Waals surface area contributed by atoms with Crippen molar-refractivity contribution in [1.29, 1.82) is 0 Å². The first-order chi connectivity index (χ1) is 9.41. The number of hydrogen-bond acceptors (Lipinski definition) is 4. The number of benzene rings is 1. The van der Waals surface area contributed by atoms with Crippen LogP contribution in [0.4, 0.5) is 0 Å². The number of carboxylic acid groups (broad SMARTS) is 2. The molecule has 0 heterocycles. The minimum atomic E-state index is -1.18. The topological polar surface area (TPSA) is 83.8 Å². The average Bonchev–Trinajstić information content (AvgIpc) is 2.42. The van der Waals surface area contributed by atoms with Gasteiger partial charge in [0.1, 0.15) is 5.44 Å². The second-order valence-electron chi connectivity index (χ2n) is 4.49. The molecule has 1 aromatic rings. The molecule has 110 valence electrons. The Morgan fingerprint density at radius 1 is 1.25 bits per heavy atom. The fraction of sp³-hybridized carbons (Fsp3) is 0.429. The molecule has 5 nitrogen and oxygen atoms in total. The van der Waals surface area contributed by atoms with Gasteiger partial charge in [-0.1, -0.05) is 37.3 Å². The van der Waals surface area contributed by atoms with E-state index in [9.17, 15) is 9.59 Å². The van der Waals surface area contributed by atoms with E-state index in [1.54, 1.807) is 0 Å². The molecule has 0 aliphatic carbocycles. The number of carbonyl (C=O) groups is 2. The van der Waals surface area contributed by atoms with Crippen molar-refractivity contribution in [3.05, 3.63) is 35.9 Å². The molecule has 20 heavy (non-hydrogen) atoms. The molecule has 0 spiro atoms. The first-order valence-corrected chi connectivity index (χ1v) is 6.76. The number of rotatable bonds is 8. The lowest BCUT2D eigenvalue weighted by Gasteiger charge is -2.23. The van der Waals surface area contributed by atoms with E-state index >= 15 is 0 Å². The summed E-state index contributed by atoms with van der Waals surface area (Å²) in [5, 5.41) is 17.6. The average molecular weight is 298 g/mol. The van der Waals surface area contributed by atoms with Gasteiger partial charge in [-0.25, -0.2) is 4.79 Å². The Hall–Kier alpha value is -1.53. The molecule has 3 unspecified atom stereocenters. The van der Waals surface area contributed by atoms with Gasteiger partial charge in [0.2, 0.25) is 0 Å². The zero-order valence-electron chi connectivity index (χ0n) is 11.1. The van der Waals surface area contributed by atoms with Crippen LogP contribution in [-0.2, 0) is 14.3 Å². The highest BCUT2D eigenvalue weighted by atomic mass is 32.1. The van der Waals surface area contributed by atoms with Crippen LogP contribution in [0.2, 0.25) is 0 Å². The summed E-state index contributed by atoms with van der Waals surface area (Å²) in [5.41, 5.74) is 0.363. The second kappa shape index (κ2) is 7.91. The first-order valence-electron chi connectivity index (χ1n) is 6.25. The van der Waals surface area contributed by atoms with Crippen molar-refractivity contribution >= 4 is 24.6 Å². The van der Waals surface area contributed by atoms with Crippen LogP contribution < -0.4 is 0 Å². The van der Waals surface area contributed by atoms with Crippen molar-refractivity contribution in [2.24, 2.45) is 0 Å². The molecule has 1 aromatic carbocycles. The molecule has 1 rings (SSSR count). The maximum atomic E-state index is 11.1. The number of ether oxygens (including phenoxy) is 1.